The lowest BCUT2D eigenvalue weighted by molar-refractivity contribution is 0.0948. The van der Waals surface area contributed by atoms with Crippen molar-refractivity contribution in [3.05, 3.63) is 47.5 Å². The van der Waals surface area contributed by atoms with Crippen molar-refractivity contribution in [2.24, 2.45) is 5.92 Å². The van der Waals surface area contributed by atoms with Gasteiger partial charge in [-0.1, -0.05) is 19.9 Å². The van der Waals surface area contributed by atoms with Crippen molar-refractivity contribution < 1.29 is 19.1 Å². The van der Waals surface area contributed by atoms with Gasteiger partial charge in [-0.25, -0.2) is 0 Å². The van der Waals surface area contributed by atoms with Crippen molar-refractivity contribution in [1.29, 1.82) is 0 Å². The van der Waals surface area contributed by atoms with Crippen molar-refractivity contribution in [3.63, 3.8) is 0 Å². The summed E-state index contributed by atoms with van der Waals surface area (Å²) in [5.41, 5.74) is 2.04. The molecule has 0 aliphatic rings. The number of nitrogens with zero attached hydrogens (tertiary/aromatic N) is 1. The Kier molecular flexibility index (Phi) is 7.47. The first kappa shape index (κ1) is 22.1. The van der Waals surface area contributed by atoms with E-state index in [1.807, 2.05) is 32.8 Å². The van der Waals surface area contributed by atoms with Crippen LogP contribution < -0.4 is 25.0 Å². The molecule has 0 spiro atoms. The molecular formula is C22H29N3O4. The molecule has 0 bridgehead atoms. The lowest BCUT2D eigenvalue weighted by Crippen LogP contribution is -2.29. The van der Waals surface area contributed by atoms with Gasteiger partial charge in [-0.3, -0.25) is 9.59 Å². The van der Waals surface area contributed by atoms with E-state index >= 15 is 0 Å². The SMILES string of the molecule is COc1cccc(OC)c1C(=O)Nc1ccc(N(C)C)c(C(=O)NCC(C)C)c1. The molecule has 0 unspecified atom stereocenters. The predicted molar refractivity (Wildman–Crippen MR) is 115 cm³/mol. The summed E-state index contributed by atoms with van der Waals surface area (Å²) < 4.78 is 10.6. The van der Waals surface area contributed by atoms with Crippen LogP contribution >= 0.6 is 0 Å². The van der Waals surface area contributed by atoms with Gasteiger partial charge in [-0.05, 0) is 36.2 Å². The molecule has 0 radical (unpaired) electrons. The number of hydrogen-bond acceptors (Lipinski definition) is 5. The monoisotopic (exact) mass is 399 g/mol. The van der Waals surface area contributed by atoms with Crippen LogP contribution in [-0.2, 0) is 0 Å². The first-order valence-electron chi connectivity index (χ1n) is 9.40. The van der Waals surface area contributed by atoms with E-state index < -0.39 is 0 Å². The van der Waals surface area contributed by atoms with Crippen LogP contribution in [0.1, 0.15) is 34.6 Å². The summed E-state index contributed by atoms with van der Waals surface area (Å²) in [7, 11) is 6.72. The number of carbonyl (C=O) groups excluding carboxylic acids is 2. The molecule has 2 aromatic rings. The van der Waals surface area contributed by atoms with Gasteiger partial charge >= 0.3 is 0 Å². The topological polar surface area (TPSA) is 79.9 Å². The zero-order chi connectivity index (χ0) is 21.6. The fourth-order valence-corrected chi connectivity index (χ4v) is 2.85. The summed E-state index contributed by atoms with van der Waals surface area (Å²) in [5, 5.41) is 5.76. The highest BCUT2D eigenvalue weighted by Crippen LogP contribution is 2.30. The molecule has 0 saturated carbocycles. The predicted octanol–water partition coefficient (Wildman–Crippen LogP) is 3.41. The summed E-state index contributed by atoms with van der Waals surface area (Å²) in [5.74, 6) is 0.574. The highest BCUT2D eigenvalue weighted by Gasteiger charge is 2.20. The Morgan fingerprint density at radius 2 is 1.62 bits per heavy atom. The van der Waals surface area contributed by atoms with E-state index in [0.717, 1.165) is 5.69 Å². The van der Waals surface area contributed by atoms with Crippen molar-refractivity contribution >= 4 is 23.2 Å². The molecule has 2 rings (SSSR count). The van der Waals surface area contributed by atoms with Gasteiger partial charge in [0, 0.05) is 32.0 Å². The molecule has 0 saturated heterocycles. The van der Waals surface area contributed by atoms with Gasteiger partial charge in [0.2, 0.25) is 0 Å². The second-order valence-electron chi connectivity index (χ2n) is 7.22. The molecule has 0 aliphatic carbocycles. The number of rotatable bonds is 8. The highest BCUT2D eigenvalue weighted by atomic mass is 16.5. The third-order valence-electron chi connectivity index (χ3n) is 4.31. The molecule has 2 aromatic carbocycles. The van der Waals surface area contributed by atoms with E-state index in [4.69, 9.17) is 9.47 Å². The standard InChI is InChI=1S/C22H29N3O4/c1-14(2)13-23-21(26)16-12-15(10-11-17(16)25(3)4)24-22(27)20-18(28-5)8-7-9-19(20)29-6/h7-12,14H,13H2,1-6H3,(H,23,26)(H,24,27). The minimum atomic E-state index is -0.384. The lowest BCUT2D eigenvalue weighted by Gasteiger charge is -2.19. The minimum Gasteiger partial charge on any atom is -0.496 e. The van der Waals surface area contributed by atoms with E-state index in [2.05, 4.69) is 10.6 Å². The van der Waals surface area contributed by atoms with Crippen LogP contribution in [0, 0.1) is 5.92 Å². The molecule has 7 heteroatoms. The molecule has 0 fully saturated rings. The van der Waals surface area contributed by atoms with Gasteiger partial charge in [0.15, 0.2) is 0 Å². The van der Waals surface area contributed by atoms with Crippen LogP contribution in [0.3, 0.4) is 0 Å². The van der Waals surface area contributed by atoms with Gasteiger partial charge < -0.3 is 25.0 Å². The van der Waals surface area contributed by atoms with Crippen LogP contribution in [0.25, 0.3) is 0 Å². The summed E-state index contributed by atoms with van der Waals surface area (Å²) in [6, 6.07) is 10.4. The zero-order valence-electron chi connectivity index (χ0n) is 17.8. The lowest BCUT2D eigenvalue weighted by atomic mass is 10.1. The van der Waals surface area contributed by atoms with E-state index in [9.17, 15) is 9.59 Å². The van der Waals surface area contributed by atoms with Gasteiger partial charge in [0.25, 0.3) is 11.8 Å². The summed E-state index contributed by atoms with van der Waals surface area (Å²) in [6.45, 7) is 4.63. The van der Waals surface area contributed by atoms with Crippen LogP contribution in [0.4, 0.5) is 11.4 Å². The van der Waals surface area contributed by atoms with E-state index in [-0.39, 0.29) is 11.8 Å². The smallest absolute Gasteiger partial charge is 0.263 e. The Bertz CT molecular complexity index is 856. The summed E-state index contributed by atoms with van der Waals surface area (Å²) in [6.07, 6.45) is 0. The van der Waals surface area contributed by atoms with Crippen LogP contribution in [0.15, 0.2) is 36.4 Å². The summed E-state index contributed by atoms with van der Waals surface area (Å²) in [4.78, 5) is 27.5. The minimum absolute atomic E-state index is 0.187. The van der Waals surface area contributed by atoms with Crippen molar-refractivity contribution in [2.45, 2.75) is 13.8 Å². The average Bonchev–Trinajstić information content (AvgIpc) is 2.70. The number of benzene rings is 2. The Labute approximate surface area is 172 Å². The molecule has 0 heterocycles. The van der Waals surface area contributed by atoms with E-state index in [1.54, 1.807) is 36.4 Å². The summed E-state index contributed by atoms with van der Waals surface area (Å²) >= 11 is 0. The van der Waals surface area contributed by atoms with Crippen molar-refractivity contribution in [2.75, 3.05) is 45.1 Å². The first-order chi connectivity index (χ1) is 13.8. The maximum atomic E-state index is 12.9. The fourth-order valence-electron chi connectivity index (χ4n) is 2.85. The number of carbonyl (C=O) groups is 2. The van der Waals surface area contributed by atoms with Crippen LogP contribution in [0.2, 0.25) is 0 Å². The third kappa shape index (κ3) is 5.40. The van der Waals surface area contributed by atoms with Crippen molar-refractivity contribution in [1.82, 2.24) is 5.32 Å². The average molecular weight is 399 g/mol. The van der Waals surface area contributed by atoms with E-state index in [0.29, 0.717) is 40.8 Å². The molecule has 0 atom stereocenters. The molecule has 2 amide bonds. The second kappa shape index (κ2) is 9.82. The molecule has 156 valence electrons. The Hall–Kier alpha value is -3.22. The third-order valence-corrected chi connectivity index (χ3v) is 4.31. The van der Waals surface area contributed by atoms with Gasteiger partial charge in [0.05, 0.1) is 19.8 Å². The first-order valence-corrected chi connectivity index (χ1v) is 9.40. The number of anilines is 2. The zero-order valence-corrected chi connectivity index (χ0v) is 17.8. The molecule has 2 N–H and O–H groups in total. The Balaban J connectivity index is 2.35. The maximum Gasteiger partial charge on any atom is 0.263 e. The number of amides is 2. The van der Waals surface area contributed by atoms with Crippen LogP contribution in [-0.4, -0.2) is 46.7 Å². The quantitative estimate of drug-likeness (QED) is 0.711. The highest BCUT2D eigenvalue weighted by molar-refractivity contribution is 6.09. The molecule has 0 aromatic heterocycles. The number of nitrogens with one attached hydrogen (secondary N) is 2. The Morgan fingerprint density at radius 1 is 1.00 bits per heavy atom. The largest absolute Gasteiger partial charge is 0.496 e. The molecule has 29 heavy (non-hydrogen) atoms. The molecule has 7 nitrogen and oxygen atoms in total. The fraction of sp³-hybridized carbons (Fsp3) is 0.364. The number of methoxy groups -OCH3 is 2. The van der Waals surface area contributed by atoms with Gasteiger partial charge in [0.1, 0.15) is 17.1 Å². The Morgan fingerprint density at radius 3 is 2.14 bits per heavy atom. The van der Waals surface area contributed by atoms with Gasteiger partial charge in [-0.2, -0.15) is 0 Å². The molecule has 0 aliphatic heterocycles. The van der Waals surface area contributed by atoms with Crippen LogP contribution in [0.5, 0.6) is 11.5 Å². The normalized spacial score (nSPS) is 10.4. The second-order valence-corrected chi connectivity index (χ2v) is 7.22. The number of hydrogen-bond donors (Lipinski definition) is 2. The van der Waals surface area contributed by atoms with Crippen molar-refractivity contribution in [3.8, 4) is 11.5 Å². The maximum absolute atomic E-state index is 12.9. The van der Waals surface area contributed by atoms with Gasteiger partial charge in [-0.15, -0.1) is 0 Å². The molecular weight excluding hydrogens is 370 g/mol. The number of ether oxygens (including phenoxy) is 2. The van der Waals surface area contributed by atoms with E-state index in [1.165, 1.54) is 14.2 Å².